The Morgan fingerprint density at radius 2 is 1.50 bits per heavy atom. The minimum atomic E-state index is -10.7. The third kappa shape index (κ3) is 22.5. The Hall–Kier alpha value is -0.840. The molecule has 0 aliphatic rings. The zero-order chi connectivity index (χ0) is 11.5. The van der Waals surface area contributed by atoms with E-state index in [9.17, 15) is 25.2 Å². The fourth-order valence-electron chi connectivity index (χ4n) is 0.483. The summed E-state index contributed by atoms with van der Waals surface area (Å²) in [6, 6.07) is 4.03. The molecule has 0 spiro atoms. The fraction of sp³-hybridized carbons (Fsp3) is 0.167. The fourth-order valence-corrected chi connectivity index (χ4v) is 0.483. The number of rotatable bonds is 0. The summed E-state index contributed by atoms with van der Waals surface area (Å²) in [5.41, 5.74) is 1.27. The Balaban J connectivity index is 0.000000241. The number of aromatic nitrogens is 1. The topological polar surface area (TPSA) is 14.1 Å². The second kappa shape index (κ2) is 3.08. The van der Waals surface area contributed by atoms with Crippen molar-refractivity contribution in [3.8, 4) is 0 Å². The molecule has 0 aliphatic carbocycles. The summed E-state index contributed by atoms with van der Waals surface area (Å²) in [6.07, 6.45) is 3.85. The van der Waals surface area contributed by atoms with Gasteiger partial charge in [-0.25, -0.2) is 4.98 Å². The molecule has 0 aromatic carbocycles. The molecule has 0 atom stereocenters. The summed E-state index contributed by atoms with van der Waals surface area (Å²) in [7, 11) is -10.7. The van der Waals surface area contributed by atoms with E-state index < -0.39 is 7.81 Å². The van der Waals surface area contributed by atoms with Crippen molar-refractivity contribution in [2.24, 2.45) is 0 Å². The van der Waals surface area contributed by atoms with Crippen LogP contribution in [0, 0.1) is 6.92 Å². The van der Waals surface area contributed by atoms with Crippen LogP contribution in [0.25, 0.3) is 0 Å². The monoisotopic (exact) mass is 239 g/mol. The van der Waals surface area contributed by atoms with Gasteiger partial charge in [0.2, 0.25) is 0 Å². The number of nitrogens with one attached hydrogen (secondary N) is 1. The van der Waals surface area contributed by atoms with Crippen LogP contribution in [0.3, 0.4) is 0 Å². The molecule has 1 heterocycles. The molecule has 0 amide bonds. The maximum atomic E-state index is 9.87. The van der Waals surface area contributed by atoms with Gasteiger partial charge in [0.05, 0.1) is 0 Å². The van der Waals surface area contributed by atoms with E-state index in [-0.39, 0.29) is 0 Å². The van der Waals surface area contributed by atoms with Crippen molar-refractivity contribution in [1.29, 1.82) is 0 Å². The Kier molecular flexibility index (Phi) is 2.90. The number of aromatic amines is 1. The number of H-pyrrole nitrogens is 1. The summed E-state index contributed by atoms with van der Waals surface area (Å²) in [6.45, 7) is 2.05. The van der Waals surface area contributed by atoms with Crippen molar-refractivity contribution in [2.45, 2.75) is 6.92 Å². The average Bonchev–Trinajstić information content (AvgIpc) is 1.81. The molecule has 1 nitrogen and oxygen atoms in total. The van der Waals surface area contributed by atoms with Crippen LogP contribution >= 0.6 is 7.81 Å². The van der Waals surface area contributed by atoms with Gasteiger partial charge in [-0.1, -0.05) is 0 Å². The van der Waals surface area contributed by atoms with Crippen molar-refractivity contribution in [1.82, 2.24) is 0 Å². The van der Waals surface area contributed by atoms with E-state index in [0.717, 1.165) is 0 Å². The van der Waals surface area contributed by atoms with Crippen LogP contribution in [0.1, 0.15) is 5.56 Å². The zero-order valence-corrected chi connectivity index (χ0v) is 7.92. The average molecular weight is 239 g/mol. The molecule has 1 rings (SSSR count). The van der Waals surface area contributed by atoms with Crippen LogP contribution in [0.15, 0.2) is 24.5 Å². The Morgan fingerprint density at radius 1 is 1.07 bits per heavy atom. The Bertz CT molecular complexity index is 278. The predicted octanol–water partition coefficient (Wildman–Crippen LogP) is 4.19. The van der Waals surface area contributed by atoms with E-state index >= 15 is 0 Å². The van der Waals surface area contributed by atoms with E-state index in [4.69, 9.17) is 0 Å². The normalized spacial score (nSPS) is 15.9. The Morgan fingerprint density at radius 3 is 1.64 bits per heavy atom. The van der Waals surface area contributed by atoms with Crippen LogP contribution in [0.2, 0.25) is 0 Å². The molecule has 0 saturated carbocycles. The molecule has 1 aromatic rings. The van der Waals surface area contributed by atoms with Gasteiger partial charge < -0.3 is 0 Å². The summed E-state index contributed by atoms with van der Waals surface area (Å²) < 4.78 is 59.2. The van der Waals surface area contributed by atoms with E-state index in [1.807, 2.05) is 18.5 Å². The van der Waals surface area contributed by atoms with Crippen LogP contribution in [-0.2, 0) is 0 Å². The van der Waals surface area contributed by atoms with Gasteiger partial charge in [0.25, 0.3) is 0 Å². The quantitative estimate of drug-likeness (QED) is 0.476. The molecule has 1 aromatic heterocycles. The first kappa shape index (κ1) is 13.2. The van der Waals surface area contributed by atoms with Gasteiger partial charge in [0.1, 0.15) is 0 Å². The van der Waals surface area contributed by atoms with Gasteiger partial charge in [-0.3, -0.25) is 0 Å². The maximum absolute atomic E-state index is 10.7. The van der Waals surface area contributed by atoms with Crippen LogP contribution in [-0.4, -0.2) is 0 Å². The standard InChI is InChI=1S/C6H7N.F6P/c1-6-3-2-4-7-5-6;1-7(2,3,4,5)6/h2-5H,1H3;/q;-1/p+1. The minimum absolute atomic E-state index is 1.27. The summed E-state index contributed by atoms with van der Waals surface area (Å²) >= 11 is 0. The van der Waals surface area contributed by atoms with Crippen molar-refractivity contribution in [3.63, 3.8) is 0 Å². The molecule has 0 aliphatic heterocycles. The molecule has 14 heavy (non-hydrogen) atoms. The van der Waals surface area contributed by atoms with E-state index in [1.54, 1.807) is 0 Å². The third-order valence-corrected chi connectivity index (χ3v) is 0.863. The Labute approximate surface area is 76.0 Å². The molecule has 0 unspecified atom stereocenters. The van der Waals surface area contributed by atoms with E-state index in [2.05, 4.69) is 18.0 Å². The summed E-state index contributed by atoms with van der Waals surface area (Å²) in [5.74, 6) is 0. The third-order valence-electron chi connectivity index (χ3n) is 0.863. The van der Waals surface area contributed by atoms with Crippen LogP contribution in [0.5, 0.6) is 0 Å². The number of hydrogen-bond acceptors (Lipinski definition) is 0. The molecule has 0 saturated heterocycles. The predicted molar refractivity (Wildman–Crippen MR) is 41.3 cm³/mol. The number of pyridine rings is 1. The first-order valence-electron chi connectivity index (χ1n) is 3.34. The van der Waals surface area contributed by atoms with E-state index in [1.165, 1.54) is 5.56 Å². The van der Waals surface area contributed by atoms with Crippen molar-refractivity contribution >= 4 is 7.81 Å². The molecular weight excluding hydrogens is 231 g/mol. The van der Waals surface area contributed by atoms with Crippen molar-refractivity contribution < 1.29 is 30.2 Å². The molecule has 0 bridgehead atoms. The van der Waals surface area contributed by atoms with Gasteiger partial charge in [0.15, 0.2) is 12.4 Å². The summed E-state index contributed by atoms with van der Waals surface area (Å²) in [4.78, 5) is 2.96. The molecule has 8 heteroatoms. The second-order valence-electron chi connectivity index (χ2n) is 2.54. The molecule has 1 N–H and O–H groups in total. The molecule has 84 valence electrons. The first-order valence-corrected chi connectivity index (χ1v) is 5.36. The molecular formula is C6H8F6NP. The number of hydrogen-bond donors (Lipinski definition) is 0. The van der Waals surface area contributed by atoms with Gasteiger partial charge in [0, 0.05) is 11.6 Å². The van der Waals surface area contributed by atoms with Gasteiger partial charge >= 0.3 is 33.0 Å². The molecule has 0 fully saturated rings. The summed E-state index contributed by atoms with van der Waals surface area (Å²) in [5, 5.41) is 0. The number of halogens is 6. The van der Waals surface area contributed by atoms with E-state index in [0.29, 0.717) is 0 Å². The van der Waals surface area contributed by atoms with Crippen LogP contribution in [0.4, 0.5) is 25.2 Å². The first-order chi connectivity index (χ1) is 5.84. The van der Waals surface area contributed by atoms with Gasteiger partial charge in [-0.2, -0.15) is 0 Å². The van der Waals surface area contributed by atoms with Gasteiger partial charge in [-0.05, 0) is 13.0 Å². The SMILES string of the molecule is Cc1ccc[nH+]c1.F[P-](F)(F)(F)(F)F. The molecule has 0 radical (unpaired) electrons. The van der Waals surface area contributed by atoms with Crippen molar-refractivity contribution in [3.05, 3.63) is 30.1 Å². The zero-order valence-electron chi connectivity index (χ0n) is 7.02. The van der Waals surface area contributed by atoms with Crippen LogP contribution < -0.4 is 4.98 Å². The van der Waals surface area contributed by atoms with Crippen molar-refractivity contribution in [2.75, 3.05) is 0 Å². The number of aryl methyl sites for hydroxylation is 1. The second-order valence-corrected chi connectivity index (χ2v) is 4.46. The van der Waals surface area contributed by atoms with Gasteiger partial charge in [-0.15, -0.1) is 0 Å².